The van der Waals surface area contributed by atoms with E-state index in [0.29, 0.717) is 0 Å². The largest absolute Gasteiger partial charge is 4.00 e. The Labute approximate surface area is 122 Å². The van der Waals surface area contributed by atoms with E-state index >= 15 is 0 Å². The van der Waals surface area contributed by atoms with Crippen LogP contribution in [0.5, 0.6) is 0 Å². The van der Waals surface area contributed by atoms with Crippen molar-refractivity contribution in [3.63, 3.8) is 0 Å². The number of hydrogen-bond donors (Lipinski definition) is 0. The van der Waals surface area contributed by atoms with Gasteiger partial charge < -0.3 is 9.41 Å². The van der Waals surface area contributed by atoms with E-state index in [1.165, 1.54) is 24.8 Å². The minimum Gasteiger partial charge on any atom is -1.00 e. The molecule has 0 fully saturated rings. The zero-order chi connectivity index (χ0) is 10.1. The summed E-state index contributed by atoms with van der Waals surface area (Å²) in [5.74, 6) is 0. The molecular weight excluding hydrogens is 297 g/mol. The van der Waals surface area contributed by atoms with E-state index < -0.39 is 0 Å². The van der Waals surface area contributed by atoms with Gasteiger partial charge in [-0.15, -0.1) is 12.8 Å². The molecule has 3 heteroatoms. The zero-order valence-electron chi connectivity index (χ0n) is 10.2. The molecule has 0 unspecified atom stereocenters. The number of unbranched alkanes of at least 4 members (excludes halogenated alkanes) is 1. The van der Waals surface area contributed by atoms with Crippen LogP contribution in [-0.2, 0) is 26.2 Å². The van der Waals surface area contributed by atoms with E-state index in [9.17, 15) is 0 Å². The van der Waals surface area contributed by atoms with Crippen molar-refractivity contribution in [1.29, 1.82) is 0 Å². The first-order chi connectivity index (χ1) is 6.93. The van der Waals surface area contributed by atoms with E-state index in [1.54, 1.807) is 0 Å². The monoisotopic (exact) mass is 314 g/mol. The Morgan fingerprint density at radius 2 is 1.94 bits per heavy atom. The first kappa shape index (κ1) is 21.9. The molecule has 0 aromatic carbocycles. The normalized spacial score (nSPS) is 13.8. The fourth-order valence-corrected chi connectivity index (χ4v) is 1.33. The molecule has 0 saturated heterocycles. The number of hydrogen-bond acceptors (Lipinski definition) is 0. The second-order valence-corrected chi connectivity index (χ2v) is 3.42. The van der Waals surface area contributed by atoms with Crippen LogP contribution in [0.3, 0.4) is 0 Å². The van der Waals surface area contributed by atoms with Gasteiger partial charge in [0.25, 0.3) is 0 Å². The van der Waals surface area contributed by atoms with Crippen LogP contribution < -0.4 is 9.41 Å². The maximum Gasteiger partial charge on any atom is 4.00 e. The molecule has 0 radical (unpaired) electrons. The Morgan fingerprint density at radius 3 is 2.29 bits per heavy atom. The summed E-state index contributed by atoms with van der Waals surface area (Å²) in [5.41, 5.74) is 1.41. The predicted molar refractivity (Wildman–Crippen MR) is 61.6 cm³/mol. The van der Waals surface area contributed by atoms with Gasteiger partial charge in [0.1, 0.15) is 0 Å². The first-order valence-corrected chi connectivity index (χ1v) is 5.41. The minimum atomic E-state index is 0. The van der Waals surface area contributed by atoms with Crippen molar-refractivity contribution in [2.75, 3.05) is 0 Å². The van der Waals surface area contributed by atoms with Crippen LogP contribution in [0.25, 0.3) is 0 Å². The molecule has 2 rings (SSSR count). The average molecular weight is 316 g/mol. The zero-order valence-corrected chi connectivity index (χ0v) is 12.6. The van der Waals surface area contributed by atoms with E-state index in [2.05, 4.69) is 37.3 Å². The van der Waals surface area contributed by atoms with Crippen LogP contribution in [0.1, 0.15) is 39.0 Å². The van der Waals surface area contributed by atoms with Gasteiger partial charge in [-0.1, -0.05) is 26.2 Å². The smallest absolute Gasteiger partial charge is 1.00 e. The summed E-state index contributed by atoms with van der Waals surface area (Å²) in [6.07, 6.45) is 22.5. The summed E-state index contributed by atoms with van der Waals surface area (Å²) >= 11 is 0. The average Bonchev–Trinajstić information content (AvgIpc) is 2.90. The van der Waals surface area contributed by atoms with Crippen LogP contribution in [0.2, 0.25) is 0 Å². The van der Waals surface area contributed by atoms with Crippen LogP contribution in [-0.4, -0.2) is 0 Å². The molecule has 0 bridgehead atoms. The molecule has 0 aliphatic heterocycles. The molecule has 17 heavy (non-hydrogen) atoms. The van der Waals surface area contributed by atoms with Crippen LogP contribution in [0.4, 0.5) is 0 Å². The molecule has 0 spiro atoms. The maximum absolute atomic E-state index is 3.30. The molecule has 0 saturated carbocycles. The van der Waals surface area contributed by atoms with Crippen molar-refractivity contribution in [2.45, 2.75) is 39.0 Å². The number of halogens is 2. The maximum atomic E-state index is 3.30. The Morgan fingerprint density at radius 1 is 1.18 bits per heavy atom. The van der Waals surface area contributed by atoms with Gasteiger partial charge in [0.05, 0.1) is 0 Å². The summed E-state index contributed by atoms with van der Waals surface area (Å²) in [6, 6.07) is 0. The van der Waals surface area contributed by atoms with Crippen molar-refractivity contribution in [3.8, 4) is 0 Å². The molecule has 0 heterocycles. The van der Waals surface area contributed by atoms with Crippen LogP contribution >= 0.6 is 0 Å². The molecule has 0 aromatic heterocycles. The van der Waals surface area contributed by atoms with E-state index in [4.69, 9.17) is 0 Å². The molecule has 0 N–H and O–H groups in total. The molecule has 0 amide bonds. The second kappa shape index (κ2) is 15.7. The van der Waals surface area contributed by atoms with Crippen molar-refractivity contribution < 1.29 is 35.6 Å². The van der Waals surface area contributed by atoms with E-state index in [-0.39, 0.29) is 35.6 Å². The minimum absolute atomic E-state index is 0. The molecular formula is C14H18F2Zr. The number of allylic oxidation sites excluding steroid dienone is 8. The SMILES string of the molecule is CCCCC1=[C-]CC=C1.[C-]1=CC=CC1.[F-].[F-].[Zr+4]. The third kappa shape index (κ3) is 12.0. The van der Waals surface area contributed by atoms with Gasteiger partial charge in [0, 0.05) is 0 Å². The Kier molecular flexibility index (Phi) is 20.3. The van der Waals surface area contributed by atoms with Crippen molar-refractivity contribution in [2.24, 2.45) is 0 Å². The fraction of sp³-hybridized carbons (Fsp3) is 0.429. The standard InChI is InChI=1S/C9H13.C5H5.2FH.Zr/c1-2-3-6-9-7-4-5-8-9;1-2-4-5-3-1;;;/h4,7H,2-3,5-6H2,1H3;1-3H,4H2;2*1H;/q2*-1;;;+4/p-2. The summed E-state index contributed by atoms with van der Waals surface area (Å²) in [4.78, 5) is 0. The molecule has 2 aliphatic carbocycles. The topological polar surface area (TPSA) is 0 Å². The van der Waals surface area contributed by atoms with Crippen molar-refractivity contribution >= 4 is 0 Å². The quantitative estimate of drug-likeness (QED) is 0.538. The summed E-state index contributed by atoms with van der Waals surface area (Å²) < 4.78 is 0. The molecule has 0 aromatic rings. The van der Waals surface area contributed by atoms with Gasteiger partial charge >= 0.3 is 26.2 Å². The van der Waals surface area contributed by atoms with Gasteiger partial charge in [-0.3, -0.25) is 12.2 Å². The molecule has 2 aliphatic rings. The Bertz CT molecular complexity index is 255. The van der Waals surface area contributed by atoms with E-state index in [0.717, 1.165) is 12.8 Å². The summed E-state index contributed by atoms with van der Waals surface area (Å²) in [6.45, 7) is 2.22. The summed E-state index contributed by atoms with van der Waals surface area (Å²) in [5, 5.41) is 0. The second-order valence-electron chi connectivity index (χ2n) is 3.42. The fourth-order valence-electron chi connectivity index (χ4n) is 1.33. The van der Waals surface area contributed by atoms with Gasteiger partial charge in [-0.05, 0) is 0 Å². The summed E-state index contributed by atoms with van der Waals surface area (Å²) in [7, 11) is 0. The van der Waals surface area contributed by atoms with Crippen LogP contribution in [0.15, 0.2) is 36.0 Å². The molecule has 0 atom stereocenters. The third-order valence-electron chi connectivity index (χ3n) is 2.15. The van der Waals surface area contributed by atoms with Gasteiger partial charge in [0.2, 0.25) is 0 Å². The Hall–Kier alpha value is -0.297. The van der Waals surface area contributed by atoms with Gasteiger partial charge in [0.15, 0.2) is 0 Å². The van der Waals surface area contributed by atoms with Crippen molar-refractivity contribution in [3.05, 3.63) is 48.1 Å². The van der Waals surface area contributed by atoms with Gasteiger partial charge in [-0.2, -0.15) is 12.2 Å². The van der Waals surface area contributed by atoms with E-state index in [1.807, 2.05) is 12.2 Å². The van der Waals surface area contributed by atoms with Crippen LogP contribution in [0, 0.1) is 12.2 Å². The third-order valence-corrected chi connectivity index (χ3v) is 2.15. The predicted octanol–water partition coefficient (Wildman–Crippen LogP) is -1.82. The molecule has 92 valence electrons. The Balaban J connectivity index is -0.000000216. The number of rotatable bonds is 3. The van der Waals surface area contributed by atoms with Gasteiger partial charge in [-0.25, -0.2) is 23.8 Å². The van der Waals surface area contributed by atoms with Crippen molar-refractivity contribution in [1.82, 2.24) is 0 Å². The first-order valence-electron chi connectivity index (χ1n) is 5.41. The molecule has 0 nitrogen and oxygen atoms in total.